The Morgan fingerprint density at radius 3 is 2.67 bits per heavy atom. The Bertz CT molecular complexity index is 548. The monoisotopic (exact) mass is 365 g/mol. The van der Waals surface area contributed by atoms with E-state index in [2.05, 4.69) is 15.9 Å². The minimum absolute atomic E-state index is 0.0192. The minimum Gasteiger partial charge on any atom is -0.375 e. The van der Waals surface area contributed by atoms with Gasteiger partial charge in [0.15, 0.2) is 0 Å². The number of carbonyl (C=O) groups excluding carboxylic acids is 1. The van der Waals surface area contributed by atoms with Gasteiger partial charge < -0.3 is 9.64 Å². The van der Waals surface area contributed by atoms with E-state index >= 15 is 0 Å². The maximum absolute atomic E-state index is 12.8. The summed E-state index contributed by atoms with van der Waals surface area (Å²) >= 11 is 3.15. The smallest absolute Gasteiger partial charge is 0.375 e. The summed E-state index contributed by atoms with van der Waals surface area (Å²) < 4.78 is 44.1. The molecule has 2 atom stereocenters. The fourth-order valence-electron chi connectivity index (χ4n) is 2.21. The van der Waals surface area contributed by atoms with E-state index in [-0.39, 0.29) is 17.7 Å². The van der Waals surface area contributed by atoms with E-state index in [9.17, 15) is 18.0 Å². The number of amides is 1. The standard InChI is InChI=1S/C14H15BrF3NO2/c1-8-7-21-9(2)6-19(8)13(20)11-5-10(14(16,17)18)3-4-12(11)15/h3-5,8-9H,6-7H2,1-2H3. The molecule has 1 aromatic carbocycles. The zero-order valence-electron chi connectivity index (χ0n) is 11.6. The van der Waals surface area contributed by atoms with Crippen LogP contribution >= 0.6 is 15.9 Å². The number of halogens is 4. The fourth-order valence-corrected chi connectivity index (χ4v) is 2.62. The molecule has 1 amide bonds. The molecule has 0 saturated carbocycles. The molecule has 1 aliphatic heterocycles. The molecule has 1 aliphatic rings. The normalized spacial score (nSPS) is 23.2. The highest BCUT2D eigenvalue weighted by molar-refractivity contribution is 9.10. The van der Waals surface area contributed by atoms with Crippen LogP contribution in [-0.4, -0.2) is 36.1 Å². The molecular weight excluding hydrogens is 351 g/mol. The molecule has 0 radical (unpaired) electrons. The van der Waals surface area contributed by atoms with Crippen LogP contribution in [-0.2, 0) is 10.9 Å². The third-order valence-corrected chi connectivity index (χ3v) is 4.08. The number of ether oxygens (including phenoxy) is 1. The van der Waals surface area contributed by atoms with Gasteiger partial charge in [0.25, 0.3) is 5.91 Å². The van der Waals surface area contributed by atoms with Crippen LogP contribution < -0.4 is 0 Å². The van der Waals surface area contributed by atoms with Gasteiger partial charge in [0.1, 0.15) is 0 Å². The second-order valence-corrected chi connectivity index (χ2v) is 6.00. The van der Waals surface area contributed by atoms with Crippen LogP contribution in [0.4, 0.5) is 13.2 Å². The molecule has 0 aliphatic carbocycles. The van der Waals surface area contributed by atoms with Crippen LogP contribution in [0.3, 0.4) is 0 Å². The van der Waals surface area contributed by atoms with Gasteiger partial charge in [-0.1, -0.05) is 0 Å². The van der Waals surface area contributed by atoms with Crippen LogP contribution in [0.5, 0.6) is 0 Å². The van der Waals surface area contributed by atoms with Crippen molar-refractivity contribution in [1.82, 2.24) is 4.90 Å². The van der Waals surface area contributed by atoms with Crippen LogP contribution in [0, 0.1) is 0 Å². The van der Waals surface area contributed by atoms with Gasteiger partial charge in [-0.3, -0.25) is 4.79 Å². The van der Waals surface area contributed by atoms with Crippen molar-refractivity contribution in [3.05, 3.63) is 33.8 Å². The van der Waals surface area contributed by atoms with E-state index in [1.165, 1.54) is 6.07 Å². The van der Waals surface area contributed by atoms with E-state index in [0.717, 1.165) is 12.1 Å². The Hall–Kier alpha value is -1.08. The number of hydrogen-bond acceptors (Lipinski definition) is 2. The molecule has 1 fully saturated rings. The molecule has 7 heteroatoms. The summed E-state index contributed by atoms with van der Waals surface area (Å²) in [5.41, 5.74) is -0.811. The predicted molar refractivity (Wildman–Crippen MR) is 75.1 cm³/mol. The lowest BCUT2D eigenvalue weighted by molar-refractivity contribution is -0.137. The number of nitrogens with zero attached hydrogens (tertiary/aromatic N) is 1. The Balaban J connectivity index is 2.34. The number of carbonyl (C=O) groups is 1. The third kappa shape index (κ3) is 3.58. The Kier molecular flexibility index (Phi) is 4.63. The molecule has 2 rings (SSSR count). The van der Waals surface area contributed by atoms with Crippen LogP contribution in [0.15, 0.2) is 22.7 Å². The lowest BCUT2D eigenvalue weighted by Gasteiger charge is -2.37. The summed E-state index contributed by atoms with van der Waals surface area (Å²) in [5, 5.41) is 0. The second kappa shape index (κ2) is 5.96. The highest BCUT2D eigenvalue weighted by atomic mass is 79.9. The zero-order chi connectivity index (χ0) is 15.8. The van der Waals surface area contributed by atoms with Crippen molar-refractivity contribution in [3.8, 4) is 0 Å². The Morgan fingerprint density at radius 2 is 2.05 bits per heavy atom. The van der Waals surface area contributed by atoms with E-state index in [1.807, 2.05) is 13.8 Å². The van der Waals surface area contributed by atoms with Gasteiger partial charge >= 0.3 is 6.18 Å². The van der Waals surface area contributed by atoms with E-state index < -0.39 is 17.6 Å². The summed E-state index contributed by atoms with van der Waals surface area (Å²) in [6.07, 6.45) is -4.60. The molecule has 1 aromatic rings. The maximum atomic E-state index is 12.8. The van der Waals surface area contributed by atoms with E-state index in [1.54, 1.807) is 4.90 Å². The summed E-state index contributed by atoms with van der Waals surface area (Å²) in [6, 6.07) is 2.92. The number of hydrogen-bond donors (Lipinski definition) is 0. The first-order valence-corrected chi connectivity index (χ1v) is 7.28. The van der Waals surface area contributed by atoms with E-state index in [4.69, 9.17) is 4.74 Å². The number of rotatable bonds is 1. The molecule has 0 bridgehead atoms. The summed E-state index contributed by atoms with van der Waals surface area (Å²) in [5.74, 6) is -0.421. The topological polar surface area (TPSA) is 29.5 Å². The van der Waals surface area contributed by atoms with Crippen molar-refractivity contribution >= 4 is 21.8 Å². The van der Waals surface area contributed by atoms with Gasteiger partial charge in [-0.2, -0.15) is 13.2 Å². The lowest BCUT2D eigenvalue weighted by Crippen LogP contribution is -2.50. The lowest BCUT2D eigenvalue weighted by atomic mass is 10.1. The average Bonchev–Trinajstić information content (AvgIpc) is 2.40. The molecule has 2 unspecified atom stereocenters. The summed E-state index contributed by atoms with van der Waals surface area (Å²) in [6.45, 7) is 4.38. The largest absolute Gasteiger partial charge is 0.416 e. The number of morpholine rings is 1. The quantitative estimate of drug-likeness (QED) is 0.758. The Morgan fingerprint density at radius 1 is 1.38 bits per heavy atom. The van der Waals surface area contributed by atoms with Gasteiger partial charge in [0.05, 0.1) is 29.9 Å². The van der Waals surface area contributed by atoms with E-state index in [0.29, 0.717) is 17.6 Å². The van der Waals surface area contributed by atoms with Crippen molar-refractivity contribution in [2.75, 3.05) is 13.2 Å². The third-order valence-electron chi connectivity index (χ3n) is 3.39. The van der Waals surface area contributed by atoms with Crippen molar-refractivity contribution in [2.45, 2.75) is 32.2 Å². The second-order valence-electron chi connectivity index (χ2n) is 5.14. The Labute approximate surface area is 129 Å². The van der Waals surface area contributed by atoms with Gasteiger partial charge in [0.2, 0.25) is 0 Å². The molecule has 3 nitrogen and oxygen atoms in total. The first-order valence-electron chi connectivity index (χ1n) is 6.49. The number of benzene rings is 1. The highest BCUT2D eigenvalue weighted by Gasteiger charge is 2.34. The highest BCUT2D eigenvalue weighted by Crippen LogP contribution is 2.32. The van der Waals surface area contributed by atoms with Crippen molar-refractivity contribution in [1.29, 1.82) is 0 Å². The average molecular weight is 366 g/mol. The minimum atomic E-state index is -4.47. The van der Waals surface area contributed by atoms with Gasteiger partial charge in [-0.25, -0.2) is 0 Å². The molecule has 21 heavy (non-hydrogen) atoms. The zero-order valence-corrected chi connectivity index (χ0v) is 13.2. The summed E-state index contributed by atoms with van der Waals surface area (Å²) in [4.78, 5) is 14.1. The molecule has 0 spiro atoms. The van der Waals surface area contributed by atoms with Gasteiger partial charge in [0, 0.05) is 11.0 Å². The summed E-state index contributed by atoms with van der Waals surface area (Å²) in [7, 11) is 0. The SMILES string of the molecule is CC1CN(C(=O)c2cc(C(F)(F)F)ccc2Br)C(C)CO1. The molecule has 116 valence electrons. The van der Waals surface area contributed by atoms with Crippen LogP contribution in [0.2, 0.25) is 0 Å². The first kappa shape index (κ1) is 16.3. The maximum Gasteiger partial charge on any atom is 0.416 e. The molecule has 0 N–H and O–H groups in total. The molecule has 1 heterocycles. The van der Waals surface area contributed by atoms with Gasteiger partial charge in [-0.05, 0) is 48.0 Å². The van der Waals surface area contributed by atoms with Crippen molar-refractivity contribution in [2.24, 2.45) is 0 Å². The van der Waals surface area contributed by atoms with Crippen LogP contribution in [0.25, 0.3) is 0 Å². The fraction of sp³-hybridized carbons (Fsp3) is 0.500. The number of alkyl halides is 3. The molecular formula is C14H15BrF3NO2. The molecule has 1 saturated heterocycles. The first-order chi connectivity index (χ1) is 9.70. The van der Waals surface area contributed by atoms with Gasteiger partial charge in [-0.15, -0.1) is 0 Å². The predicted octanol–water partition coefficient (Wildman–Crippen LogP) is 3.72. The molecule has 0 aromatic heterocycles. The van der Waals surface area contributed by atoms with Crippen molar-refractivity contribution < 1.29 is 22.7 Å². The van der Waals surface area contributed by atoms with Crippen LogP contribution in [0.1, 0.15) is 29.8 Å². The van der Waals surface area contributed by atoms with Crippen molar-refractivity contribution in [3.63, 3.8) is 0 Å².